The van der Waals surface area contributed by atoms with Crippen molar-refractivity contribution in [2.45, 2.75) is 19.9 Å². The number of aryl methyl sites for hydroxylation is 1. The van der Waals surface area contributed by atoms with Crippen LogP contribution < -0.4 is 11.1 Å². The number of thiazole rings is 1. The van der Waals surface area contributed by atoms with Crippen LogP contribution in [0.1, 0.15) is 29.2 Å². The third-order valence-electron chi connectivity index (χ3n) is 2.47. The number of nitrogens with two attached hydrogens (primary N) is 1. The highest BCUT2D eigenvalue weighted by Crippen LogP contribution is 2.24. The van der Waals surface area contributed by atoms with Crippen LogP contribution in [0, 0.1) is 6.92 Å². The minimum atomic E-state index is -0.252. The zero-order chi connectivity index (χ0) is 13.1. The van der Waals surface area contributed by atoms with E-state index in [0.29, 0.717) is 0 Å². The van der Waals surface area contributed by atoms with Crippen molar-refractivity contribution in [3.8, 4) is 0 Å². The van der Waals surface area contributed by atoms with Crippen molar-refractivity contribution >= 4 is 22.9 Å². The number of carbonyl (C=O) groups is 1. The Bertz CT molecular complexity index is 565. The molecule has 0 aliphatic rings. The lowest BCUT2D eigenvalue weighted by Gasteiger charge is -2.11. The molecule has 1 aromatic heterocycles. The number of aromatic nitrogens is 1. The summed E-state index contributed by atoms with van der Waals surface area (Å²) in [6, 6.07) is 7.28. The maximum absolute atomic E-state index is 11.0. The average Bonchev–Trinajstić information content (AvgIpc) is 2.74. The molecule has 4 nitrogen and oxygen atoms in total. The quantitative estimate of drug-likeness (QED) is 0.891. The number of nitrogens with zero attached hydrogens (tertiary/aromatic N) is 1. The van der Waals surface area contributed by atoms with Crippen molar-refractivity contribution in [2.75, 3.05) is 5.32 Å². The molecule has 1 amide bonds. The van der Waals surface area contributed by atoms with Crippen LogP contribution in [0.3, 0.4) is 0 Å². The van der Waals surface area contributed by atoms with Crippen LogP contribution in [-0.4, -0.2) is 10.9 Å². The molecule has 18 heavy (non-hydrogen) atoms. The van der Waals surface area contributed by atoms with E-state index in [0.717, 1.165) is 22.0 Å². The van der Waals surface area contributed by atoms with Gasteiger partial charge in [0.1, 0.15) is 5.01 Å². The smallest absolute Gasteiger partial charge is 0.221 e. The summed E-state index contributed by atoms with van der Waals surface area (Å²) in [5.74, 6) is -0.0918. The zero-order valence-corrected chi connectivity index (χ0v) is 11.1. The van der Waals surface area contributed by atoms with E-state index in [4.69, 9.17) is 5.73 Å². The molecular formula is C13H15N3OS. The summed E-state index contributed by atoms with van der Waals surface area (Å²) in [4.78, 5) is 15.4. The largest absolute Gasteiger partial charge is 0.326 e. The number of anilines is 1. The van der Waals surface area contributed by atoms with Crippen molar-refractivity contribution in [3.05, 3.63) is 45.9 Å². The second kappa shape index (κ2) is 5.29. The predicted molar refractivity (Wildman–Crippen MR) is 73.6 cm³/mol. The highest BCUT2D eigenvalue weighted by molar-refractivity contribution is 7.09. The van der Waals surface area contributed by atoms with Gasteiger partial charge in [-0.1, -0.05) is 12.1 Å². The SMILES string of the molecule is CC(=O)Nc1cccc(C(N)c2nc(C)cs2)c1. The molecule has 0 radical (unpaired) electrons. The first kappa shape index (κ1) is 12.7. The molecular weight excluding hydrogens is 246 g/mol. The molecule has 1 aromatic carbocycles. The van der Waals surface area contributed by atoms with E-state index in [1.165, 1.54) is 6.92 Å². The van der Waals surface area contributed by atoms with E-state index >= 15 is 0 Å². The molecule has 0 spiro atoms. The predicted octanol–water partition coefficient (Wildman–Crippen LogP) is 2.46. The first-order chi connectivity index (χ1) is 8.56. The second-order valence-electron chi connectivity index (χ2n) is 4.11. The van der Waals surface area contributed by atoms with Crippen molar-refractivity contribution in [1.29, 1.82) is 0 Å². The van der Waals surface area contributed by atoms with Gasteiger partial charge in [0.25, 0.3) is 0 Å². The minimum Gasteiger partial charge on any atom is -0.326 e. The molecule has 5 heteroatoms. The van der Waals surface area contributed by atoms with Gasteiger partial charge < -0.3 is 11.1 Å². The minimum absolute atomic E-state index is 0.0918. The van der Waals surface area contributed by atoms with Crippen molar-refractivity contribution < 1.29 is 4.79 Å². The van der Waals surface area contributed by atoms with Crippen LogP contribution in [0.15, 0.2) is 29.6 Å². The van der Waals surface area contributed by atoms with Gasteiger partial charge in [-0.25, -0.2) is 4.98 Å². The molecule has 0 fully saturated rings. The lowest BCUT2D eigenvalue weighted by molar-refractivity contribution is -0.114. The average molecular weight is 261 g/mol. The van der Waals surface area contributed by atoms with Gasteiger partial charge in [0, 0.05) is 23.7 Å². The number of benzene rings is 1. The third kappa shape index (κ3) is 2.94. The molecule has 0 aliphatic heterocycles. The van der Waals surface area contributed by atoms with Gasteiger partial charge in [-0.2, -0.15) is 0 Å². The Morgan fingerprint density at radius 1 is 1.50 bits per heavy atom. The Balaban J connectivity index is 2.25. The lowest BCUT2D eigenvalue weighted by Crippen LogP contribution is -2.12. The Kier molecular flexibility index (Phi) is 3.74. The van der Waals surface area contributed by atoms with Crippen LogP contribution in [0.4, 0.5) is 5.69 Å². The van der Waals surface area contributed by atoms with Crippen molar-refractivity contribution in [1.82, 2.24) is 4.98 Å². The number of hydrogen-bond donors (Lipinski definition) is 2. The van der Waals surface area contributed by atoms with E-state index in [2.05, 4.69) is 10.3 Å². The second-order valence-corrected chi connectivity index (χ2v) is 5.00. The van der Waals surface area contributed by atoms with Crippen molar-refractivity contribution in [2.24, 2.45) is 5.73 Å². The first-order valence-corrected chi connectivity index (χ1v) is 6.49. The maximum Gasteiger partial charge on any atom is 0.221 e. The number of hydrogen-bond acceptors (Lipinski definition) is 4. The summed E-state index contributed by atoms with van der Waals surface area (Å²) in [5, 5.41) is 5.61. The number of nitrogens with one attached hydrogen (secondary N) is 1. The molecule has 0 bridgehead atoms. The highest BCUT2D eigenvalue weighted by Gasteiger charge is 2.12. The molecule has 1 heterocycles. The van der Waals surface area contributed by atoms with Crippen LogP contribution in [-0.2, 0) is 4.79 Å². The first-order valence-electron chi connectivity index (χ1n) is 5.61. The van der Waals surface area contributed by atoms with Gasteiger partial charge in [0.05, 0.1) is 6.04 Å². The summed E-state index contributed by atoms with van der Waals surface area (Å²) in [6.45, 7) is 3.43. The molecule has 0 aliphatic carbocycles. The van der Waals surface area contributed by atoms with Crippen LogP contribution in [0.25, 0.3) is 0 Å². The van der Waals surface area contributed by atoms with E-state index in [-0.39, 0.29) is 11.9 Å². The van der Waals surface area contributed by atoms with Crippen molar-refractivity contribution in [3.63, 3.8) is 0 Å². The summed E-state index contributed by atoms with van der Waals surface area (Å²) < 4.78 is 0. The number of amides is 1. The lowest BCUT2D eigenvalue weighted by atomic mass is 10.1. The fraction of sp³-hybridized carbons (Fsp3) is 0.231. The van der Waals surface area contributed by atoms with Gasteiger partial charge in [0.15, 0.2) is 0 Å². The molecule has 2 aromatic rings. The van der Waals surface area contributed by atoms with Gasteiger partial charge >= 0.3 is 0 Å². The number of rotatable bonds is 3. The Morgan fingerprint density at radius 3 is 2.89 bits per heavy atom. The summed E-state index contributed by atoms with van der Waals surface area (Å²) in [5.41, 5.74) is 8.83. The molecule has 94 valence electrons. The van der Waals surface area contributed by atoms with Gasteiger partial charge in [-0.05, 0) is 24.6 Å². The van der Waals surface area contributed by atoms with E-state index in [9.17, 15) is 4.79 Å². The fourth-order valence-corrected chi connectivity index (χ4v) is 2.49. The Morgan fingerprint density at radius 2 is 2.28 bits per heavy atom. The number of carbonyl (C=O) groups excluding carboxylic acids is 1. The molecule has 0 saturated heterocycles. The van der Waals surface area contributed by atoms with Gasteiger partial charge in [-0.15, -0.1) is 11.3 Å². The highest BCUT2D eigenvalue weighted by atomic mass is 32.1. The zero-order valence-electron chi connectivity index (χ0n) is 10.3. The molecule has 2 rings (SSSR count). The summed E-state index contributed by atoms with van der Waals surface area (Å²) in [6.07, 6.45) is 0. The maximum atomic E-state index is 11.0. The summed E-state index contributed by atoms with van der Waals surface area (Å²) in [7, 11) is 0. The van der Waals surface area contributed by atoms with Gasteiger partial charge in [0.2, 0.25) is 5.91 Å². The third-order valence-corrected chi connectivity index (χ3v) is 3.51. The Hall–Kier alpha value is -1.72. The molecule has 1 atom stereocenters. The molecule has 3 N–H and O–H groups in total. The summed E-state index contributed by atoms with van der Waals surface area (Å²) >= 11 is 1.55. The topological polar surface area (TPSA) is 68.0 Å². The van der Waals surface area contributed by atoms with Crippen LogP contribution in [0.5, 0.6) is 0 Å². The van der Waals surface area contributed by atoms with Gasteiger partial charge in [-0.3, -0.25) is 4.79 Å². The fourth-order valence-electron chi connectivity index (χ4n) is 1.67. The van der Waals surface area contributed by atoms with E-state index in [1.807, 2.05) is 36.6 Å². The standard InChI is InChI=1S/C13H15N3OS/c1-8-7-18-13(15-8)12(14)10-4-3-5-11(6-10)16-9(2)17/h3-7,12H,14H2,1-2H3,(H,16,17). The normalized spacial score (nSPS) is 12.2. The molecule has 1 unspecified atom stereocenters. The molecule has 0 saturated carbocycles. The Labute approximate surface area is 110 Å². The van der Waals surface area contributed by atoms with Crippen LogP contribution in [0.2, 0.25) is 0 Å². The van der Waals surface area contributed by atoms with Crippen LogP contribution >= 0.6 is 11.3 Å². The monoisotopic (exact) mass is 261 g/mol. The van der Waals surface area contributed by atoms with E-state index < -0.39 is 0 Å². The van der Waals surface area contributed by atoms with E-state index in [1.54, 1.807) is 11.3 Å².